The lowest BCUT2D eigenvalue weighted by Gasteiger charge is -2.36. The Labute approximate surface area is 103 Å². The minimum atomic E-state index is 0.478. The van der Waals surface area contributed by atoms with E-state index in [0.29, 0.717) is 12.1 Å². The highest BCUT2D eigenvalue weighted by Gasteiger charge is 2.31. The van der Waals surface area contributed by atoms with Crippen LogP contribution in [0.1, 0.15) is 50.0 Å². The monoisotopic (exact) mass is 231 g/mol. The van der Waals surface area contributed by atoms with Gasteiger partial charge in [-0.1, -0.05) is 43.2 Å². The number of hydroxylamine groups is 1. The van der Waals surface area contributed by atoms with Crippen LogP contribution in [0.4, 0.5) is 0 Å². The van der Waals surface area contributed by atoms with Gasteiger partial charge in [0.2, 0.25) is 0 Å². The molecule has 92 valence electrons. The molecule has 2 heteroatoms. The van der Waals surface area contributed by atoms with Crippen LogP contribution in [-0.2, 0) is 4.84 Å². The zero-order valence-electron chi connectivity index (χ0n) is 10.3. The predicted octanol–water partition coefficient (Wildman–Crippen LogP) is 3.40. The lowest BCUT2D eigenvalue weighted by molar-refractivity contribution is -0.0575. The molecule has 0 aromatic heterocycles. The first kappa shape index (κ1) is 11.2. The van der Waals surface area contributed by atoms with E-state index in [1.807, 2.05) is 0 Å². The van der Waals surface area contributed by atoms with Crippen molar-refractivity contribution in [2.75, 3.05) is 0 Å². The van der Waals surface area contributed by atoms with Crippen LogP contribution < -0.4 is 5.48 Å². The molecule has 2 aliphatic carbocycles. The van der Waals surface area contributed by atoms with Crippen molar-refractivity contribution in [3.8, 4) is 0 Å². The number of rotatable bonds is 4. The van der Waals surface area contributed by atoms with Crippen molar-refractivity contribution in [1.82, 2.24) is 5.48 Å². The number of hydrogen-bond acceptors (Lipinski definition) is 2. The molecule has 0 saturated heterocycles. The molecule has 0 amide bonds. The summed E-state index contributed by atoms with van der Waals surface area (Å²) < 4.78 is 0. The van der Waals surface area contributed by atoms with Crippen LogP contribution in [-0.4, -0.2) is 12.1 Å². The Morgan fingerprint density at radius 3 is 2.41 bits per heavy atom. The lowest BCUT2D eigenvalue weighted by atomic mass is 9.76. The summed E-state index contributed by atoms with van der Waals surface area (Å²) in [5, 5.41) is 0. The van der Waals surface area contributed by atoms with Crippen LogP contribution in [0.25, 0.3) is 0 Å². The van der Waals surface area contributed by atoms with E-state index in [9.17, 15) is 0 Å². The molecular weight excluding hydrogens is 210 g/mol. The van der Waals surface area contributed by atoms with Gasteiger partial charge in [0, 0.05) is 6.04 Å². The van der Waals surface area contributed by atoms with Gasteiger partial charge < -0.3 is 0 Å². The average Bonchev–Trinajstić information content (AvgIpc) is 2.81. The average molecular weight is 231 g/mol. The predicted molar refractivity (Wildman–Crippen MR) is 68.7 cm³/mol. The van der Waals surface area contributed by atoms with Crippen molar-refractivity contribution in [1.29, 1.82) is 0 Å². The molecular formula is C15H21NO. The minimum absolute atomic E-state index is 0.478. The standard InChI is InChI=1S/C15H21NO/c1-2-6-12(7-3-1)13-10-14(11-13)16-17-15-8-4-5-9-15/h1-3,6-7,13-16H,4-5,8-11H2. The van der Waals surface area contributed by atoms with Crippen molar-refractivity contribution in [2.24, 2.45) is 0 Å². The molecule has 3 rings (SSSR count). The molecule has 0 radical (unpaired) electrons. The second kappa shape index (κ2) is 5.19. The quantitative estimate of drug-likeness (QED) is 0.802. The van der Waals surface area contributed by atoms with E-state index < -0.39 is 0 Å². The smallest absolute Gasteiger partial charge is 0.0790 e. The Morgan fingerprint density at radius 1 is 1.00 bits per heavy atom. The summed E-state index contributed by atoms with van der Waals surface area (Å²) in [4.78, 5) is 5.74. The zero-order chi connectivity index (χ0) is 11.5. The Kier molecular flexibility index (Phi) is 3.44. The molecule has 17 heavy (non-hydrogen) atoms. The molecule has 0 bridgehead atoms. The summed E-state index contributed by atoms with van der Waals surface area (Å²) in [6.45, 7) is 0. The molecule has 1 aromatic carbocycles. The summed E-state index contributed by atoms with van der Waals surface area (Å²) >= 11 is 0. The van der Waals surface area contributed by atoms with Crippen LogP contribution in [0.5, 0.6) is 0 Å². The van der Waals surface area contributed by atoms with Gasteiger partial charge in [-0.15, -0.1) is 0 Å². The topological polar surface area (TPSA) is 21.3 Å². The number of benzene rings is 1. The van der Waals surface area contributed by atoms with Crippen LogP contribution in [0.15, 0.2) is 30.3 Å². The maximum absolute atomic E-state index is 5.74. The Bertz CT molecular complexity index is 339. The van der Waals surface area contributed by atoms with Gasteiger partial charge in [0.15, 0.2) is 0 Å². The fourth-order valence-electron chi connectivity index (χ4n) is 2.91. The van der Waals surface area contributed by atoms with E-state index >= 15 is 0 Å². The van der Waals surface area contributed by atoms with Crippen molar-refractivity contribution in [3.63, 3.8) is 0 Å². The van der Waals surface area contributed by atoms with Crippen molar-refractivity contribution >= 4 is 0 Å². The second-order valence-corrected chi connectivity index (χ2v) is 5.42. The molecule has 2 fully saturated rings. The summed E-state index contributed by atoms with van der Waals surface area (Å²) in [7, 11) is 0. The van der Waals surface area contributed by atoms with Gasteiger partial charge in [-0.2, -0.15) is 5.48 Å². The Hall–Kier alpha value is -0.860. The molecule has 0 unspecified atom stereocenters. The SMILES string of the molecule is c1ccc(C2CC(NOC3CCCC3)C2)cc1. The number of hydrogen-bond donors (Lipinski definition) is 1. The molecule has 2 saturated carbocycles. The van der Waals surface area contributed by atoms with Gasteiger partial charge in [-0.05, 0) is 37.2 Å². The normalized spacial score (nSPS) is 29.2. The van der Waals surface area contributed by atoms with Crippen LogP contribution in [0.2, 0.25) is 0 Å². The van der Waals surface area contributed by atoms with Gasteiger partial charge in [-0.25, -0.2) is 0 Å². The minimum Gasteiger partial charge on any atom is -0.298 e. The van der Waals surface area contributed by atoms with E-state index in [1.165, 1.54) is 44.1 Å². The van der Waals surface area contributed by atoms with Gasteiger partial charge >= 0.3 is 0 Å². The third-order valence-electron chi connectivity index (χ3n) is 4.11. The van der Waals surface area contributed by atoms with E-state index in [-0.39, 0.29) is 0 Å². The highest BCUT2D eigenvalue weighted by atomic mass is 16.7. The first-order valence-electron chi connectivity index (χ1n) is 6.88. The Balaban J connectivity index is 1.39. The number of nitrogens with one attached hydrogen (secondary N) is 1. The maximum Gasteiger partial charge on any atom is 0.0790 e. The Morgan fingerprint density at radius 2 is 1.71 bits per heavy atom. The fourth-order valence-corrected chi connectivity index (χ4v) is 2.91. The first-order valence-corrected chi connectivity index (χ1v) is 6.88. The van der Waals surface area contributed by atoms with Gasteiger partial charge in [0.1, 0.15) is 0 Å². The maximum atomic E-state index is 5.74. The largest absolute Gasteiger partial charge is 0.298 e. The summed E-state index contributed by atoms with van der Waals surface area (Å²) in [6.07, 6.45) is 8.07. The summed E-state index contributed by atoms with van der Waals surface area (Å²) in [6, 6.07) is 11.4. The fraction of sp³-hybridized carbons (Fsp3) is 0.600. The molecule has 0 aliphatic heterocycles. The summed E-state index contributed by atoms with van der Waals surface area (Å²) in [5.74, 6) is 0.737. The zero-order valence-corrected chi connectivity index (χ0v) is 10.3. The highest BCUT2D eigenvalue weighted by Crippen LogP contribution is 2.36. The van der Waals surface area contributed by atoms with Crippen molar-refractivity contribution in [3.05, 3.63) is 35.9 Å². The molecule has 0 spiro atoms. The third kappa shape index (κ3) is 2.70. The summed E-state index contributed by atoms with van der Waals surface area (Å²) in [5.41, 5.74) is 4.74. The van der Waals surface area contributed by atoms with Crippen LogP contribution >= 0.6 is 0 Å². The molecule has 2 aliphatic rings. The molecule has 1 aromatic rings. The van der Waals surface area contributed by atoms with Crippen molar-refractivity contribution < 1.29 is 4.84 Å². The van der Waals surface area contributed by atoms with E-state index in [0.717, 1.165) is 5.92 Å². The molecule has 0 atom stereocenters. The van der Waals surface area contributed by atoms with E-state index in [2.05, 4.69) is 35.8 Å². The van der Waals surface area contributed by atoms with Crippen molar-refractivity contribution in [2.45, 2.75) is 56.6 Å². The second-order valence-electron chi connectivity index (χ2n) is 5.42. The molecule has 2 nitrogen and oxygen atoms in total. The van der Waals surface area contributed by atoms with Gasteiger partial charge in [-0.3, -0.25) is 4.84 Å². The molecule has 0 heterocycles. The van der Waals surface area contributed by atoms with Gasteiger partial charge in [0.25, 0.3) is 0 Å². The lowest BCUT2D eigenvalue weighted by Crippen LogP contribution is -2.41. The van der Waals surface area contributed by atoms with Crippen LogP contribution in [0.3, 0.4) is 0 Å². The first-order chi connectivity index (χ1) is 8.42. The third-order valence-corrected chi connectivity index (χ3v) is 4.11. The van der Waals surface area contributed by atoms with E-state index in [4.69, 9.17) is 4.84 Å². The van der Waals surface area contributed by atoms with Gasteiger partial charge in [0.05, 0.1) is 6.10 Å². The van der Waals surface area contributed by atoms with E-state index in [1.54, 1.807) is 0 Å². The highest BCUT2D eigenvalue weighted by molar-refractivity contribution is 5.22. The molecule has 1 N–H and O–H groups in total. The van der Waals surface area contributed by atoms with Crippen LogP contribution in [0, 0.1) is 0 Å².